The SMILES string of the molecule is C=CCC(C(=O)OCC)N(C(=O)OC(C)(C)C)c1cc(NC(=O)OC)ccc1-c1ccnc(CCC=CNC(=O)OC(C)(C)C)c1. The molecule has 0 aliphatic carbocycles. The second-order valence-electron chi connectivity index (χ2n) is 12.1. The topological polar surface area (TPSA) is 145 Å². The lowest BCUT2D eigenvalue weighted by Gasteiger charge is -2.33. The summed E-state index contributed by atoms with van der Waals surface area (Å²) < 4.78 is 21.1. The lowest BCUT2D eigenvalue weighted by molar-refractivity contribution is -0.144. The van der Waals surface area contributed by atoms with Gasteiger partial charge in [-0.15, -0.1) is 6.58 Å². The molecule has 0 saturated heterocycles. The molecule has 3 amide bonds. The molecule has 12 nitrogen and oxygen atoms in total. The van der Waals surface area contributed by atoms with Crippen molar-refractivity contribution in [1.29, 1.82) is 0 Å². The number of aryl methyl sites for hydroxylation is 1. The molecule has 0 radical (unpaired) electrons. The zero-order chi connectivity index (χ0) is 34.5. The maximum atomic E-state index is 13.8. The number of methoxy groups -OCH3 is 1. The van der Waals surface area contributed by atoms with Crippen LogP contribution in [0.15, 0.2) is 61.5 Å². The number of anilines is 2. The Hall–Kier alpha value is -4.87. The number of hydrogen-bond acceptors (Lipinski definition) is 9. The number of nitrogens with zero attached hydrogens (tertiary/aromatic N) is 2. The molecule has 2 aromatic rings. The third-order valence-corrected chi connectivity index (χ3v) is 5.95. The Morgan fingerprint density at radius 2 is 1.70 bits per heavy atom. The number of pyridine rings is 1. The van der Waals surface area contributed by atoms with Crippen LogP contribution in [0.25, 0.3) is 11.1 Å². The van der Waals surface area contributed by atoms with Gasteiger partial charge in [0.15, 0.2) is 0 Å². The minimum absolute atomic E-state index is 0.0669. The number of rotatable bonds is 12. The summed E-state index contributed by atoms with van der Waals surface area (Å²) in [5.74, 6) is -0.646. The number of ether oxygens (including phenoxy) is 4. The summed E-state index contributed by atoms with van der Waals surface area (Å²) in [5.41, 5.74) is 1.09. The standard InChI is InChI=1S/C34H46N4O8/c1-10-14-27(29(39)44-11-2)38(32(42)46-34(6,7)8)28-22-25(37-31(41)43-9)16-17-26(28)23-18-20-35-24(21-23)15-12-13-19-36-30(40)45-33(3,4)5/h10,13,16-22,27H,1,11-12,14-15H2,2-9H3,(H,36,40)(H,37,41). The highest BCUT2D eigenvalue weighted by molar-refractivity contribution is 6.01. The van der Waals surface area contributed by atoms with Crippen LogP contribution in [-0.4, -0.2) is 60.2 Å². The molecule has 0 spiro atoms. The summed E-state index contributed by atoms with van der Waals surface area (Å²) in [7, 11) is 1.24. The van der Waals surface area contributed by atoms with E-state index < -0.39 is 41.5 Å². The van der Waals surface area contributed by atoms with E-state index in [2.05, 4.69) is 22.2 Å². The van der Waals surface area contributed by atoms with E-state index in [0.29, 0.717) is 29.7 Å². The maximum Gasteiger partial charge on any atom is 0.415 e. The van der Waals surface area contributed by atoms with Gasteiger partial charge in [-0.25, -0.2) is 19.2 Å². The number of amides is 3. The molecule has 2 rings (SSSR count). The highest BCUT2D eigenvalue weighted by Gasteiger charge is 2.36. The summed E-state index contributed by atoms with van der Waals surface area (Å²) in [5, 5.41) is 5.19. The minimum Gasteiger partial charge on any atom is -0.464 e. The number of hydrogen-bond donors (Lipinski definition) is 2. The number of carbonyl (C=O) groups excluding carboxylic acids is 4. The van der Waals surface area contributed by atoms with Crippen LogP contribution in [0.2, 0.25) is 0 Å². The lowest BCUT2D eigenvalue weighted by Crippen LogP contribution is -2.48. The van der Waals surface area contributed by atoms with Crippen molar-refractivity contribution >= 4 is 35.6 Å². The molecule has 1 heterocycles. The van der Waals surface area contributed by atoms with Crippen LogP contribution >= 0.6 is 0 Å². The molecule has 1 atom stereocenters. The first-order valence-electron chi connectivity index (χ1n) is 15.0. The molecular weight excluding hydrogens is 592 g/mol. The van der Waals surface area contributed by atoms with Gasteiger partial charge < -0.3 is 18.9 Å². The van der Waals surface area contributed by atoms with E-state index in [9.17, 15) is 19.2 Å². The van der Waals surface area contributed by atoms with E-state index in [1.807, 2.05) is 6.07 Å². The molecule has 0 aliphatic rings. The summed E-state index contributed by atoms with van der Waals surface area (Å²) in [4.78, 5) is 56.8. The fourth-order valence-corrected chi connectivity index (χ4v) is 4.16. The molecular formula is C34H46N4O8. The first-order chi connectivity index (χ1) is 21.6. The molecule has 0 saturated carbocycles. The maximum absolute atomic E-state index is 13.8. The highest BCUT2D eigenvalue weighted by atomic mass is 16.6. The van der Waals surface area contributed by atoms with E-state index in [-0.39, 0.29) is 18.7 Å². The average molecular weight is 639 g/mol. The Labute approximate surface area is 271 Å². The number of nitrogens with one attached hydrogen (secondary N) is 2. The Morgan fingerprint density at radius 3 is 2.30 bits per heavy atom. The molecule has 12 heteroatoms. The fraction of sp³-hybridized carbons (Fsp3) is 0.441. The van der Waals surface area contributed by atoms with Crippen LogP contribution in [0.3, 0.4) is 0 Å². The van der Waals surface area contributed by atoms with Crippen LogP contribution in [-0.2, 0) is 30.2 Å². The molecule has 2 N–H and O–H groups in total. The molecule has 250 valence electrons. The van der Waals surface area contributed by atoms with Crippen LogP contribution < -0.4 is 15.5 Å². The predicted molar refractivity (Wildman–Crippen MR) is 176 cm³/mol. The molecule has 1 aromatic heterocycles. The van der Waals surface area contributed by atoms with E-state index in [4.69, 9.17) is 18.9 Å². The third-order valence-electron chi connectivity index (χ3n) is 5.95. The monoisotopic (exact) mass is 638 g/mol. The minimum atomic E-state index is -1.12. The van der Waals surface area contributed by atoms with Gasteiger partial charge >= 0.3 is 24.2 Å². The van der Waals surface area contributed by atoms with Gasteiger partial charge in [0.1, 0.15) is 17.2 Å². The van der Waals surface area contributed by atoms with Crippen molar-refractivity contribution in [1.82, 2.24) is 10.3 Å². The van der Waals surface area contributed by atoms with Crippen molar-refractivity contribution in [3.63, 3.8) is 0 Å². The molecule has 0 bridgehead atoms. The smallest absolute Gasteiger partial charge is 0.415 e. The second-order valence-corrected chi connectivity index (χ2v) is 12.1. The normalized spacial score (nSPS) is 12.1. The number of aromatic nitrogens is 1. The number of allylic oxidation sites excluding steroid dienone is 1. The van der Waals surface area contributed by atoms with Crippen molar-refractivity contribution in [2.24, 2.45) is 0 Å². The van der Waals surface area contributed by atoms with Gasteiger partial charge in [0, 0.05) is 29.3 Å². The Morgan fingerprint density at radius 1 is 1.00 bits per heavy atom. The van der Waals surface area contributed by atoms with Gasteiger partial charge in [0.2, 0.25) is 0 Å². The quantitative estimate of drug-likeness (QED) is 0.141. The predicted octanol–water partition coefficient (Wildman–Crippen LogP) is 7.15. The van der Waals surface area contributed by atoms with Gasteiger partial charge in [0.05, 0.1) is 19.4 Å². The van der Waals surface area contributed by atoms with Crippen LogP contribution in [0.4, 0.5) is 25.8 Å². The van der Waals surface area contributed by atoms with E-state index in [0.717, 1.165) is 5.69 Å². The first kappa shape index (κ1) is 37.3. The number of carbonyl (C=O) groups is 4. The average Bonchev–Trinajstić information content (AvgIpc) is 2.95. The van der Waals surface area contributed by atoms with Crippen LogP contribution in [0.1, 0.15) is 67.0 Å². The van der Waals surface area contributed by atoms with Gasteiger partial charge in [-0.3, -0.25) is 20.5 Å². The largest absolute Gasteiger partial charge is 0.464 e. The molecule has 0 aliphatic heterocycles. The van der Waals surface area contributed by atoms with Crippen LogP contribution in [0, 0.1) is 0 Å². The summed E-state index contributed by atoms with van der Waals surface area (Å²) in [6, 6.07) is 7.45. The molecule has 1 unspecified atom stereocenters. The van der Waals surface area contributed by atoms with E-state index in [1.165, 1.54) is 24.3 Å². The van der Waals surface area contributed by atoms with Gasteiger partial charge in [-0.2, -0.15) is 0 Å². The van der Waals surface area contributed by atoms with Gasteiger partial charge in [-0.1, -0.05) is 18.2 Å². The zero-order valence-corrected chi connectivity index (χ0v) is 28.0. The van der Waals surface area contributed by atoms with E-state index in [1.54, 1.807) is 85.0 Å². The Balaban J connectivity index is 2.58. The van der Waals surface area contributed by atoms with Crippen molar-refractivity contribution in [3.05, 3.63) is 67.2 Å². The van der Waals surface area contributed by atoms with Crippen molar-refractivity contribution in [2.75, 3.05) is 23.9 Å². The summed E-state index contributed by atoms with van der Waals surface area (Å²) in [6.45, 7) is 16.1. The highest BCUT2D eigenvalue weighted by Crippen LogP contribution is 2.37. The van der Waals surface area contributed by atoms with Gasteiger partial charge in [-0.05, 0) is 97.6 Å². The first-order valence-corrected chi connectivity index (χ1v) is 15.0. The second kappa shape index (κ2) is 17.0. The fourth-order valence-electron chi connectivity index (χ4n) is 4.16. The molecule has 0 fully saturated rings. The summed E-state index contributed by atoms with van der Waals surface area (Å²) >= 11 is 0. The molecule has 1 aromatic carbocycles. The van der Waals surface area contributed by atoms with Crippen molar-refractivity contribution < 1.29 is 38.1 Å². The zero-order valence-electron chi connectivity index (χ0n) is 28.0. The van der Waals surface area contributed by atoms with Crippen LogP contribution in [0.5, 0.6) is 0 Å². The lowest BCUT2D eigenvalue weighted by atomic mass is 10.00. The van der Waals surface area contributed by atoms with Crippen molar-refractivity contribution in [2.45, 2.75) is 85.0 Å². The third kappa shape index (κ3) is 12.3. The summed E-state index contributed by atoms with van der Waals surface area (Å²) in [6.07, 6.45) is 5.59. The number of benzene rings is 1. The number of alkyl carbamates (subject to hydrolysis) is 1. The molecule has 46 heavy (non-hydrogen) atoms. The van der Waals surface area contributed by atoms with E-state index >= 15 is 0 Å². The van der Waals surface area contributed by atoms with Gasteiger partial charge in [0.25, 0.3) is 0 Å². The number of esters is 1. The Bertz CT molecular complexity index is 1410. The van der Waals surface area contributed by atoms with Crippen molar-refractivity contribution in [3.8, 4) is 11.1 Å². The Kier molecular flexibility index (Phi) is 13.8.